The van der Waals surface area contributed by atoms with Crippen LogP contribution in [0.25, 0.3) is 0 Å². The van der Waals surface area contributed by atoms with E-state index in [0.717, 1.165) is 12.1 Å². The van der Waals surface area contributed by atoms with E-state index in [1.54, 1.807) is 25.3 Å². The molecule has 1 N–H and O–H groups in total. The van der Waals surface area contributed by atoms with Crippen molar-refractivity contribution in [2.24, 2.45) is 0 Å². The highest BCUT2D eigenvalue weighted by Gasteiger charge is 2.30. The topological polar surface area (TPSA) is 42.0 Å². The molecule has 7 heteroatoms. The first kappa shape index (κ1) is 16.4. The van der Waals surface area contributed by atoms with Crippen LogP contribution in [0.3, 0.4) is 0 Å². The van der Waals surface area contributed by atoms with Crippen molar-refractivity contribution in [1.82, 2.24) is 4.98 Å². The molecule has 22 heavy (non-hydrogen) atoms. The Bertz CT molecular complexity index is 629. The standard InChI is InChI=1S/C15H13F3N2OS/c1-10(22-13-4-2-3-9-19-13)14(21)20-12-7-5-11(6-8-12)15(16,17)18/h2-10H,1H3,(H,20,21)/t10-/m0/s1. The van der Waals surface area contributed by atoms with Crippen molar-refractivity contribution in [2.45, 2.75) is 23.4 Å². The minimum absolute atomic E-state index is 0.296. The van der Waals surface area contributed by atoms with E-state index in [2.05, 4.69) is 10.3 Å². The zero-order valence-corrected chi connectivity index (χ0v) is 12.4. The van der Waals surface area contributed by atoms with Crippen LogP contribution >= 0.6 is 11.8 Å². The third-order valence-electron chi connectivity index (χ3n) is 2.78. The number of rotatable bonds is 4. The molecule has 0 bridgehead atoms. The summed E-state index contributed by atoms with van der Waals surface area (Å²) in [6.07, 6.45) is -2.76. The lowest BCUT2D eigenvalue weighted by atomic mass is 10.2. The minimum Gasteiger partial charge on any atom is -0.325 e. The fourth-order valence-corrected chi connectivity index (χ4v) is 2.44. The summed E-state index contributed by atoms with van der Waals surface area (Å²) in [6.45, 7) is 1.71. The third kappa shape index (κ3) is 4.49. The molecule has 1 atom stereocenters. The highest BCUT2D eigenvalue weighted by Crippen LogP contribution is 2.30. The van der Waals surface area contributed by atoms with Crippen LogP contribution in [0.2, 0.25) is 0 Å². The number of halogens is 3. The lowest BCUT2D eigenvalue weighted by molar-refractivity contribution is -0.137. The van der Waals surface area contributed by atoms with Gasteiger partial charge < -0.3 is 5.32 Å². The lowest BCUT2D eigenvalue weighted by Crippen LogP contribution is -2.22. The van der Waals surface area contributed by atoms with Crippen LogP contribution in [-0.4, -0.2) is 16.1 Å². The summed E-state index contributed by atoms with van der Waals surface area (Å²) < 4.78 is 37.4. The van der Waals surface area contributed by atoms with Gasteiger partial charge in [-0.25, -0.2) is 4.98 Å². The predicted molar refractivity (Wildman–Crippen MR) is 79.6 cm³/mol. The summed E-state index contributed by atoms with van der Waals surface area (Å²) in [5.41, 5.74) is -0.423. The van der Waals surface area contributed by atoms with E-state index in [0.29, 0.717) is 10.7 Å². The Labute approximate surface area is 129 Å². The summed E-state index contributed by atoms with van der Waals surface area (Å²) in [5, 5.41) is 2.87. The largest absolute Gasteiger partial charge is 0.416 e. The molecule has 0 unspecified atom stereocenters. The van der Waals surface area contributed by atoms with E-state index in [9.17, 15) is 18.0 Å². The van der Waals surface area contributed by atoms with Gasteiger partial charge in [-0.1, -0.05) is 17.8 Å². The van der Waals surface area contributed by atoms with Crippen molar-refractivity contribution in [3.8, 4) is 0 Å². The molecule has 0 fully saturated rings. The lowest BCUT2D eigenvalue weighted by Gasteiger charge is -2.12. The monoisotopic (exact) mass is 326 g/mol. The maximum Gasteiger partial charge on any atom is 0.416 e. The number of alkyl halides is 3. The summed E-state index contributed by atoms with van der Waals surface area (Å²) in [4.78, 5) is 16.1. The number of aromatic nitrogens is 1. The number of benzene rings is 1. The Hall–Kier alpha value is -2.02. The molecule has 1 heterocycles. The second-order valence-electron chi connectivity index (χ2n) is 4.49. The van der Waals surface area contributed by atoms with Gasteiger partial charge in [0, 0.05) is 11.9 Å². The quantitative estimate of drug-likeness (QED) is 0.856. The minimum atomic E-state index is -4.38. The molecule has 116 valence electrons. The number of carbonyl (C=O) groups excluding carboxylic acids is 1. The average molecular weight is 326 g/mol. The van der Waals surface area contributed by atoms with Gasteiger partial charge in [-0.2, -0.15) is 13.2 Å². The van der Waals surface area contributed by atoms with Gasteiger partial charge in [0.05, 0.1) is 15.8 Å². The molecule has 2 aromatic rings. The molecule has 3 nitrogen and oxygen atoms in total. The number of hydrogen-bond donors (Lipinski definition) is 1. The second-order valence-corrected chi connectivity index (χ2v) is 5.85. The van der Waals surface area contributed by atoms with E-state index in [-0.39, 0.29) is 5.91 Å². The molecule has 0 aliphatic carbocycles. The van der Waals surface area contributed by atoms with Crippen molar-refractivity contribution in [3.05, 3.63) is 54.2 Å². The molecule has 0 aliphatic heterocycles. The first-order chi connectivity index (χ1) is 10.4. The predicted octanol–water partition coefficient (Wildman–Crippen LogP) is 4.22. The molecule has 0 saturated heterocycles. The third-order valence-corrected chi connectivity index (χ3v) is 3.83. The van der Waals surface area contributed by atoms with E-state index in [1.165, 1.54) is 23.9 Å². The number of pyridine rings is 1. The van der Waals surface area contributed by atoms with Gasteiger partial charge >= 0.3 is 6.18 Å². The van der Waals surface area contributed by atoms with Gasteiger partial charge in [-0.05, 0) is 43.3 Å². The molecule has 1 aromatic heterocycles. The van der Waals surface area contributed by atoms with Gasteiger partial charge in [0.15, 0.2) is 0 Å². The number of nitrogens with zero attached hydrogens (tertiary/aromatic N) is 1. The molecule has 1 aromatic carbocycles. The van der Waals surface area contributed by atoms with Gasteiger partial charge in [0.1, 0.15) is 0 Å². The molecular formula is C15H13F3N2OS. The smallest absolute Gasteiger partial charge is 0.325 e. The molecule has 0 aliphatic rings. The van der Waals surface area contributed by atoms with E-state index in [4.69, 9.17) is 0 Å². The van der Waals surface area contributed by atoms with Crippen molar-refractivity contribution in [3.63, 3.8) is 0 Å². The summed E-state index contributed by atoms with van der Waals surface area (Å²) >= 11 is 1.28. The van der Waals surface area contributed by atoms with Gasteiger partial charge in [0.25, 0.3) is 0 Å². The number of anilines is 1. The first-order valence-corrected chi connectivity index (χ1v) is 7.30. The fraction of sp³-hybridized carbons (Fsp3) is 0.200. The van der Waals surface area contributed by atoms with Crippen molar-refractivity contribution >= 4 is 23.4 Å². The molecule has 0 spiro atoms. The van der Waals surface area contributed by atoms with Crippen LogP contribution in [-0.2, 0) is 11.0 Å². The summed E-state index contributed by atoms with van der Waals surface area (Å²) in [7, 11) is 0. The van der Waals surface area contributed by atoms with Crippen molar-refractivity contribution < 1.29 is 18.0 Å². The zero-order chi connectivity index (χ0) is 16.2. The highest BCUT2D eigenvalue weighted by molar-refractivity contribution is 8.00. The molecule has 0 saturated carbocycles. The number of carbonyl (C=O) groups is 1. The number of hydrogen-bond acceptors (Lipinski definition) is 3. The normalized spacial score (nSPS) is 12.7. The molecule has 0 radical (unpaired) electrons. The van der Waals surface area contributed by atoms with Crippen LogP contribution in [0.1, 0.15) is 12.5 Å². The van der Waals surface area contributed by atoms with Crippen LogP contribution in [0, 0.1) is 0 Å². The maximum atomic E-state index is 12.5. The van der Waals surface area contributed by atoms with Gasteiger partial charge in [-0.15, -0.1) is 0 Å². The average Bonchev–Trinajstić information content (AvgIpc) is 2.48. The zero-order valence-electron chi connectivity index (χ0n) is 11.6. The van der Waals surface area contributed by atoms with Crippen molar-refractivity contribution in [2.75, 3.05) is 5.32 Å². The Morgan fingerprint density at radius 2 is 1.86 bits per heavy atom. The second kappa shape index (κ2) is 6.83. The number of amides is 1. The summed E-state index contributed by atoms with van der Waals surface area (Å²) in [6, 6.07) is 9.72. The van der Waals surface area contributed by atoms with Crippen LogP contribution < -0.4 is 5.32 Å². The highest BCUT2D eigenvalue weighted by atomic mass is 32.2. The fourth-order valence-electron chi connectivity index (χ4n) is 1.64. The number of thioether (sulfide) groups is 1. The maximum absolute atomic E-state index is 12.5. The Morgan fingerprint density at radius 3 is 2.41 bits per heavy atom. The molecule has 1 amide bonds. The van der Waals surface area contributed by atoms with E-state index in [1.807, 2.05) is 6.07 Å². The van der Waals surface area contributed by atoms with Gasteiger partial charge in [-0.3, -0.25) is 4.79 Å². The van der Waals surface area contributed by atoms with Crippen LogP contribution in [0.15, 0.2) is 53.7 Å². The van der Waals surface area contributed by atoms with E-state index < -0.39 is 17.0 Å². The Kier molecular flexibility index (Phi) is 5.07. The van der Waals surface area contributed by atoms with E-state index >= 15 is 0 Å². The Balaban J connectivity index is 1.96. The Morgan fingerprint density at radius 1 is 1.18 bits per heavy atom. The van der Waals surface area contributed by atoms with Crippen molar-refractivity contribution in [1.29, 1.82) is 0 Å². The summed E-state index contributed by atoms with van der Waals surface area (Å²) in [5.74, 6) is -0.296. The first-order valence-electron chi connectivity index (χ1n) is 6.42. The SMILES string of the molecule is C[C@H](Sc1ccccn1)C(=O)Nc1ccc(C(F)(F)F)cc1. The van der Waals surface area contributed by atoms with Crippen LogP contribution in [0.5, 0.6) is 0 Å². The number of nitrogens with one attached hydrogen (secondary N) is 1. The molecule has 2 rings (SSSR count). The van der Waals surface area contributed by atoms with Gasteiger partial charge in [0.2, 0.25) is 5.91 Å². The van der Waals surface area contributed by atoms with Crippen LogP contribution in [0.4, 0.5) is 18.9 Å². The molecular weight excluding hydrogens is 313 g/mol.